The van der Waals surface area contributed by atoms with Gasteiger partial charge in [-0.25, -0.2) is 0 Å². The number of anilines is 2. The predicted molar refractivity (Wildman–Crippen MR) is 77.4 cm³/mol. The Labute approximate surface area is 115 Å². The number of aromatic nitrogens is 3. The van der Waals surface area contributed by atoms with E-state index in [1.807, 2.05) is 6.07 Å². The van der Waals surface area contributed by atoms with Gasteiger partial charge >= 0.3 is 0 Å². The van der Waals surface area contributed by atoms with E-state index in [0.29, 0.717) is 22.5 Å². The summed E-state index contributed by atoms with van der Waals surface area (Å²) in [4.78, 5) is 16.4. The molecule has 0 saturated carbocycles. The van der Waals surface area contributed by atoms with E-state index in [-0.39, 0.29) is 5.91 Å². The molecule has 0 spiro atoms. The number of hydrogen-bond donors (Lipinski definition) is 3. The minimum absolute atomic E-state index is 0.217. The summed E-state index contributed by atoms with van der Waals surface area (Å²) in [5.41, 5.74) is 9.05. The first kappa shape index (κ1) is 12.2. The van der Waals surface area contributed by atoms with Crippen molar-refractivity contribution in [3.05, 3.63) is 47.9 Å². The third-order valence-corrected chi connectivity index (χ3v) is 3.12. The summed E-state index contributed by atoms with van der Waals surface area (Å²) < 4.78 is 0. The number of hydrogen-bond acceptors (Lipinski definition) is 4. The number of benzene rings is 1. The highest BCUT2D eigenvalue weighted by molar-refractivity contribution is 6.10. The molecule has 2 aromatic heterocycles. The molecular weight excluding hydrogens is 254 g/mol. The molecule has 0 bridgehead atoms. The number of amides is 1. The van der Waals surface area contributed by atoms with E-state index in [2.05, 4.69) is 20.5 Å². The molecule has 1 aromatic carbocycles. The molecule has 0 atom stereocenters. The van der Waals surface area contributed by atoms with Gasteiger partial charge < -0.3 is 11.1 Å². The highest BCUT2D eigenvalue weighted by atomic mass is 16.1. The number of aromatic amines is 1. The van der Waals surface area contributed by atoms with E-state index >= 15 is 0 Å². The molecule has 6 heteroatoms. The number of pyridine rings is 1. The van der Waals surface area contributed by atoms with Gasteiger partial charge in [0, 0.05) is 17.3 Å². The maximum absolute atomic E-state index is 12.2. The van der Waals surface area contributed by atoms with Crippen LogP contribution in [0.25, 0.3) is 10.9 Å². The summed E-state index contributed by atoms with van der Waals surface area (Å²) in [7, 11) is 0. The zero-order valence-corrected chi connectivity index (χ0v) is 10.8. The van der Waals surface area contributed by atoms with Crippen LogP contribution in [0.5, 0.6) is 0 Å². The summed E-state index contributed by atoms with van der Waals surface area (Å²) in [5, 5.41) is 10.2. The lowest BCUT2D eigenvalue weighted by Crippen LogP contribution is -2.12. The standard InChI is InChI=1S/C14H13N5O/c1-8-10(7-17-19-8)14(20)18-12-5-4-11(15)13-9(12)3-2-6-16-13/h2-7H,15H2,1H3,(H,17,19)(H,18,20). The van der Waals surface area contributed by atoms with Crippen molar-refractivity contribution >= 4 is 28.2 Å². The molecule has 0 aliphatic carbocycles. The number of carbonyl (C=O) groups excluding carboxylic acids is 1. The molecular formula is C14H13N5O. The molecule has 3 rings (SSSR count). The highest BCUT2D eigenvalue weighted by Gasteiger charge is 2.13. The molecule has 0 saturated heterocycles. The largest absolute Gasteiger partial charge is 0.397 e. The average molecular weight is 267 g/mol. The average Bonchev–Trinajstić information content (AvgIpc) is 2.88. The third kappa shape index (κ3) is 1.97. The van der Waals surface area contributed by atoms with Crippen LogP contribution in [0.2, 0.25) is 0 Å². The van der Waals surface area contributed by atoms with Crippen molar-refractivity contribution in [1.29, 1.82) is 0 Å². The monoisotopic (exact) mass is 267 g/mol. The number of fused-ring (bicyclic) bond motifs is 1. The van der Waals surface area contributed by atoms with Gasteiger partial charge in [-0.2, -0.15) is 5.10 Å². The zero-order chi connectivity index (χ0) is 14.1. The van der Waals surface area contributed by atoms with Gasteiger partial charge in [-0.1, -0.05) is 0 Å². The van der Waals surface area contributed by atoms with E-state index in [9.17, 15) is 4.79 Å². The maximum atomic E-state index is 12.2. The number of nitrogens with one attached hydrogen (secondary N) is 2. The Morgan fingerprint density at radius 1 is 1.35 bits per heavy atom. The van der Waals surface area contributed by atoms with Crippen LogP contribution in [-0.2, 0) is 0 Å². The minimum atomic E-state index is -0.217. The smallest absolute Gasteiger partial charge is 0.259 e. The second kappa shape index (κ2) is 4.65. The van der Waals surface area contributed by atoms with Crippen LogP contribution in [0.3, 0.4) is 0 Å². The number of nitrogen functional groups attached to an aromatic ring is 1. The van der Waals surface area contributed by atoms with E-state index in [0.717, 1.165) is 11.1 Å². The van der Waals surface area contributed by atoms with Gasteiger partial charge in [-0.15, -0.1) is 0 Å². The van der Waals surface area contributed by atoms with Crippen molar-refractivity contribution in [3.8, 4) is 0 Å². The summed E-state index contributed by atoms with van der Waals surface area (Å²) in [6.07, 6.45) is 3.17. The Morgan fingerprint density at radius 3 is 2.95 bits per heavy atom. The third-order valence-electron chi connectivity index (χ3n) is 3.12. The van der Waals surface area contributed by atoms with Gasteiger partial charge in [-0.3, -0.25) is 14.9 Å². The molecule has 0 radical (unpaired) electrons. The van der Waals surface area contributed by atoms with Gasteiger partial charge in [0.2, 0.25) is 0 Å². The van der Waals surface area contributed by atoms with Crippen LogP contribution >= 0.6 is 0 Å². The van der Waals surface area contributed by atoms with Crippen LogP contribution in [-0.4, -0.2) is 21.1 Å². The Kier molecular flexibility index (Phi) is 2.83. The van der Waals surface area contributed by atoms with Crippen LogP contribution in [0.1, 0.15) is 16.1 Å². The van der Waals surface area contributed by atoms with Gasteiger partial charge in [0.1, 0.15) is 0 Å². The van der Waals surface area contributed by atoms with Crippen molar-refractivity contribution in [2.75, 3.05) is 11.1 Å². The summed E-state index contributed by atoms with van der Waals surface area (Å²) in [6.45, 7) is 1.80. The summed E-state index contributed by atoms with van der Waals surface area (Å²) in [6, 6.07) is 7.18. The molecule has 0 unspecified atom stereocenters. The van der Waals surface area contributed by atoms with Crippen LogP contribution in [0.15, 0.2) is 36.7 Å². The number of nitrogens with two attached hydrogens (primary N) is 1. The topological polar surface area (TPSA) is 96.7 Å². The van der Waals surface area contributed by atoms with Crippen molar-refractivity contribution in [1.82, 2.24) is 15.2 Å². The molecule has 100 valence electrons. The first-order chi connectivity index (χ1) is 9.66. The first-order valence-electron chi connectivity index (χ1n) is 6.11. The van der Waals surface area contributed by atoms with Crippen molar-refractivity contribution in [2.45, 2.75) is 6.92 Å². The Bertz CT molecular complexity index is 793. The van der Waals surface area contributed by atoms with E-state index < -0.39 is 0 Å². The molecule has 4 N–H and O–H groups in total. The van der Waals surface area contributed by atoms with E-state index in [1.54, 1.807) is 31.3 Å². The van der Waals surface area contributed by atoms with Crippen LogP contribution in [0, 0.1) is 6.92 Å². The quantitative estimate of drug-likeness (QED) is 0.619. The number of rotatable bonds is 2. The van der Waals surface area contributed by atoms with E-state index in [4.69, 9.17) is 5.73 Å². The van der Waals surface area contributed by atoms with Crippen LogP contribution < -0.4 is 11.1 Å². The van der Waals surface area contributed by atoms with Crippen LogP contribution in [0.4, 0.5) is 11.4 Å². The SMILES string of the molecule is Cc1[nH]ncc1C(=O)Nc1ccc(N)c2ncccc12. The Balaban J connectivity index is 2.02. The molecule has 3 aromatic rings. The first-order valence-corrected chi connectivity index (χ1v) is 6.11. The highest BCUT2D eigenvalue weighted by Crippen LogP contribution is 2.26. The Morgan fingerprint density at radius 2 is 2.20 bits per heavy atom. The molecule has 20 heavy (non-hydrogen) atoms. The van der Waals surface area contributed by atoms with Gasteiger partial charge in [-0.05, 0) is 31.2 Å². The summed E-state index contributed by atoms with van der Waals surface area (Å²) >= 11 is 0. The summed E-state index contributed by atoms with van der Waals surface area (Å²) in [5.74, 6) is -0.217. The van der Waals surface area contributed by atoms with Gasteiger partial charge in [0.05, 0.1) is 28.7 Å². The van der Waals surface area contributed by atoms with Crippen molar-refractivity contribution < 1.29 is 4.79 Å². The van der Waals surface area contributed by atoms with Gasteiger partial charge in [0.15, 0.2) is 0 Å². The number of H-pyrrole nitrogens is 1. The Hall–Kier alpha value is -2.89. The lowest BCUT2D eigenvalue weighted by Gasteiger charge is -2.09. The van der Waals surface area contributed by atoms with E-state index in [1.165, 1.54) is 6.20 Å². The zero-order valence-electron chi connectivity index (χ0n) is 10.8. The fraction of sp³-hybridized carbons (Fsp3) is 0.0714. The second-order valence-corrected chi connectivity index (χ2v) is 4.46. The fourth-order valence-electron chi connectivity index (χ4n) is 2.07. The lowest BCUT2D eigenvalue weighted by molar-refractivity contribution is 0.102. The molecule has 1 amide bonds. The number of aryl methyl sites for hydroxylation is 1. The normalized spacial score (nSPS) is 10.7. The molecule has 2 heterocycles. The maximum Gasteiger partial charge on any atom is 0.259 e. The second-order valence-electron chi connectivity index (χ2n) is 4.46. The van der Waals surface area contributed by atoms with Crippen molar-refractivity contribution in [3.63, 3.8) is 0 Å². The lowest BCUT2D eigenvalue weighted by atomic mass is 10.1. The molecule has 0 aliphatic rings. The fourth-order valence-corrected chi connectivity index (χ4v) is 2.07. The minimum Gasteiger partial charge on any atom is -0.397 e. The molecule has 0 fully saturated rings. The molecule has 6 nitrogen and oxygen atoms in total. The predicted octanol–water partition coefficient (Wildman–Crippen LogP) is 2.10. The van der Waals surface area contributed by atoms with Crippen molar-refractivity contribution in [2.24, 2.45) is 0 Å². The number of carbonyl (C=O) groups is 1. The van der Waals surface area contributed by atoms with Gasteiger partial charge in [0.25, 0.3) is 5.91 Å². The number of nitrogens with zero attached hydrogens (tertiary/aromatic N) is 2. The molecule has 0 aliphatic heterocycles.